The van der Waals surface area contributed by atoms with E-state index in [0.717, 1.165) is 11.3 Å². The predicted molar refractivity (Wildman–Crippen MR) is 56.3 cm³/mol. The molecule has 0 N–H and O–H groups in total. The first-order chi connectivity index (χ1) is 6.72. The molecule has 0 aliphatic heterocycles. The van der Waals surface area contributed by atoms with Crippen molar-refractivity contribution < 1.29 is 14.3 Å². The Labute approximate surface area is 87.7 Å². The molecule has 0 aromatic carbocycles. The van der Waals surface area contributed by atoms with Gasteiger partial charge in [-0.25, -0.2) is 0 Å². The molecule has 4 heteroatoms. The highest BCUT2D eigenvalue weighted by molar-refractivity contribution is 7.15. The summed E-state index contributed by atoms with van der Waals surface area (Å²) in [7, 11) is 0. The third kappa shape index (κ3) is 3.89. The van der Waals surface area contributed by atoms with Crippen molar-refractivity contribution in [2.75, 3.05) is 13.2 Å². The van der Waals surface area contributed by atoms with E-state index in [2.05, 4.69) is 0 Å². The lowest BCUT2D eigenvalue weighted by Gasteiger charge is -2.07. The Bertz CT molecular complexity index is 281. The highest BCUT2D eigenvalue weighted by Gasteiger charge is 1.99. The quantitative estimate of drug-likeness (QED) is 0.538. The number of aldehydes is 1. The Morgan fingerprint density at radius 3 is 2.79 bits per heavy atom. The third-order valence-electron chi connectivity index (χ3n) is 1.50. The fourth-order valence-corrected chi connectivity index (χ4v) is 1.60. The van der Waals surface area contributed by atoms with Gasteiger partial charge >= 0.3 is 0 Å². The SMILES string of the molecule is CC(C)OCCOc1ccc(C=O)s1. The van der Waals surface area contributed by atoms with Crippen LogP contribution in [0.25, 0.3) is 0 Å². The molecule has 1 rings (SSSR count). The summed E-state index contributed by atoms with van der Waals surface area (Å²) >= 11 is 1.35. The second-order valence-electron chi connectivity index (χ2n) is 3.04. The monoisotopic (exact) mass is 214 g/mol. The van der Waals surface area contributed by atoms with Gasteiger partial charge in [-0.1, -0.05) is 11.3 Å². The number of carbonyl (C=O) groups is 1. The van der Waals surface area contributed by atoms with Crippen LogP contribution in [0.15, 0.2) is 12.1 Å². The van der Waals surface area contributed by atoms with Crippen molar-refractivity contribution in [1.29, 1.82) is 0 Å². The third-order valence-corrected chi connectivity index (χ3v) is 2.42. The lowest BCUT2D eigenvalue weighted by Crippen LogP contribution is -2.10. The van der Waals surface area contributed by atoms with Crippen molar-refractivity contribution in [1.82, 2.24) is 0 Å². The van der Waals surface area contributed by atoms with Crippen LogP contribution in [-0.2, 0) is 4.74 Å². The number of carbonyl (C=O) groups excluding carboxylic acids is 1. The van der Waals surface area contributed by atoms with Gasteiger partial charge in [0.1, 0.15) is 6.61 Å². The minimum atomic E-state index is 0.229. The van der Waals surface area contributed by atoms with Crippen LogP contribution in [0.1, 0.15) is 23.5 Å². The maximum atomic E-state index is 10.4. The number of hydrogen-bond donors (Lipinski definition) is 0. The van der Waals surface area contributed by atoms with Gasteiger partial charge in [0.05, 0.1) is 17.6 Å². The maximum Gasteiger partial charge on any atom is 0.174 e. The lowest BCUT2D eigenvalue weighted by molar-refractivity contribution is 0.0561. The fourth-order valence-electron chi connectivity index (χ4n) is 0.901. The summed E-state index contributed by atoms with van der Waals surface area (Å²) in [5.74, 6) is 0. The van der Waals surface area contributed by atoms with Crippen molar-refractivity contribution in [3.05, 3.63) is 17.0 Å². The highest BCUT2D eigenvalue weighted by atomic mass is 32.1. The Hall–Kier alpha value is -0.870. The Morgan fingerprint density at radius 1 is 1.43 bits per heavy atom. The molecule has 0 saturated heterocycles. The maximum absolute atomic E-state index is 10.4. The summed E-state index contributed by atoms with van der Waals surface area (Å²) in [5, 5.41) is 0.763. The van der Waals surface area contributed by atoms with Gasteiger partial charge in [-0.2, -0.15) is 0 Å². The van der Waals surface area contributed by atoms with Crippen molar-refractivity contribution in [3.63, 3.8) is 0 Å². The summed E-state index contributed by atoms with van der Waals surface area (Å²) in [4.78, 5) is 11.1. The number of rotatable bonds is 6. The average molecular weight is 214 g/mol. The molecular formula is C10H14O3S. The van der Waals surface area contributed by atoms with E-state index < -0.39 is 0 Å². The van der Waals surface area contributed by atoms with E-state index in [9.17, 15) is 4.79 Å². The summed E-state index contributed by atoms with van der Waals surface area (Å²) in [6.07, 6.45) is 1.05. The van der Waals surface area contributed by atoms with E-state index in [4.69, 9.17) is 9.47 Å². The highest BCUT2D eigenvalue weighted by Crippen LogP contribution is 2.22. The van der Waals surface area contributed by atoms with Crippen LogP contribution in [0.4, 0.5) is 0 Å². The second-order valence-corrected chi connectivity index (χ2v) is 4.12. The largest absolute Gasteiger partial charge is 0.482 e. The zero-order valence-electron chi connectivity index (χ0n) is 8.36. The van der Waals surface area contributed by atoms with Gasteiger partial charge < -0.3 is 9.47 Å². The first-order valence-corrected chi connectivity index (χ1v) is 5.33. The van der Waals surface area contributed by atoms with Crippen molar-refractivity contribution >= 4 is 17.6 Å². The molecular weight excluding hydrogens is 200 g/mol. The van der Waals surface area contributed by atoms with Gasteiger partial charge in [0, 0.05) is 0 Å². The zero-order chi connectivity index (χ0) is 10.4. The van der Waals surface area contributed by atoms with E-state index in [-0.39, 0.29) is 6.10 Å². The molecule has 0 atom stereocenters. The van der Waals surface area contributed by atoms with E-state index in [1.165, 1.54) is 11.3 Å². The lowest BCUT2D eigenvalue weighted by atomic mass is 10.5. The molecule has 78 valence electrons. The standard InChI is InChI=1S/C10H14O3S/c1-8(2)12-5-6-13-10-4-3-9(7-11)14-10/h3-4,7-8H,5-6H2,1-2H3. The normalized spacial score (nSPS) is 10.5. The number of thiophene rings is 1. The molecule has 0 bridgehead atoms. The second kappa shape index (κ2) is 5.78. The van der Waals surface area contributed by atoms with Crippen LogP contribution >= 0.6 is 11.3 Å². The molecule has 0 aliphatic rings. The van der Waals surface area contributed by atoms with Gasteiger partial charge in [0.25, 0.3) is 0 Å². The molecule has 0 unspecified atom stereocenters. The smallest absolute Gasteiger partial charge is 0.174 e. The minimum Gasteiger partial charge on any atom is -0.482 e. The van der Waals surface area contributed by atoms with Crippen molar-refractivity contribution in [2.45, 2.75) is 20.0 Å². The molecule has 0 aliphatic carbocycles. The average Bonchev–Trinajstić information content (AvgIpc) is 2.60. The van der Waals surface area contributed by atoms with Gasteiger partial charge in [0.15, 0.2) is 11.3 Å². The first kappa shape index (κ1) is 11.2. The van der Waals surface area contributed by atoms with E-state index in [0.29, 0.717) is 18.1 Å². The van der Waals surface area contributed by atoms with E-state index in [1.54, 1.807) is 12.1 Å². The number of hydrogen-bond acceptors (Lipinski definition) is 4. The Balaban J connectivity index is 2.21. The topological polar surface area (TPSA) is 35.5 Å². The fraction of sp³-hybridized carbons (Fsp3) is 0.500. The van der Waals surface area contributed by atoms with Crippen molar-refractivity contribution in [3.8, 4) is 5.06 Å². The summed E-state index contributed by atoms with van der Waals surface area (Å²) in [5.41, 5.74) is 0. The van der Waals surface area contributed by atoms with Gasteiger partial charge in [-0.05, 0) is 26.0 Å². The van der Waals surface area contributed by atoms with Crippen LogP contribution in [-0.4, -0.2) is 25.6 Å². The van der Waals surface area contributed by atoms with Crippen molar-refractivity contribution in [2.24, 2.45) is 0 Å². The molecule has 3 nitrogen and oxygen atoms in total. The molecule has 0 radical (unpaired) electrons. The van der Waals surface area contributed by atoms with Crippen LogP contribution in [0.5, 0.6) is 5.06 Å². The predicted octanol–water partition coefficient (Wildman–Crippen LogP) is 2.36. The van der Waals surface area contributed by atoms with Gasteiger partial charge in [-0.15, -0.1) is 0 Å². The molecule has 1 aromatic heterocycles. The summed E-state index contributed by atoms with van der Waals surface area (Å²) in [6.45, 7) is 5.06. The molecule has 0 saturated carbocycles. The summed E-state index contributed by atoms with van der Waals surface area (Å²) in [6, 6.07) is 3.54. The molecule has 0 amide bonds. The molecule has 0 spiro atoms. The molecule has 0 fully saturated rings. The van der Waals surface area contributed by atoms with Crippen LogP contribution < -0.4 is 4.74 Å². The van der Waals surface area contributed by atoms with E-state index in [1.807, 2.05) is 13.8 Å². The summed E-state index contributed by atoms with van der Waals surface area (Å²) < 4.78 is 10.7. The molecule has 1 heterocycles. The number of ether oxygens (including phenoxy) is 2. The van der Waals surface area contributed by atoms with Crippen LogP contribution in [0.2, 0.25) is 0 Å². The molecule has 14 heavy (non-hydrogen) atoms. The Morgan fingerprint density at radius 2 is 2.21 bits per heavy atom. The van der Waals surface area contributed by atoms with E-state index >= 15 is 0 Å². The first-order valence-electron chi connectivity index (χ1n) is 4.52. The Kier molecular flexibility index (Phi) is 4.62. The zero-order valence-corrected chi connectivity index (χ0v) is 9.17. The van der Waals surface area contributed by atoms with Gasteiger partial charge in [0.2, 0.25) is 0 Å². The molecule has 1 aromatic rings. The van der Waals surface area contributed by atoms with Crippen LogP contribution in [0, 0.1) is 0 Å². The van der Waals surface area contributed by atoms with Crippen LogP contribution in [0.3, 0.4) is 0 Å². The van der Waals surface area contributed by atoms with Gasteiger partial charge in [-0.3, -0.25) is 4.79 Å². The minimum absolute atomic E-state index is 0.229.